The number of rotatable bonds is 7. The van der Waals surface area contributed by atoms with Crippen LogP contribution in [0.15, 0.2) is 30.3 Å². The SMILES string of the molecule is CCOC(=O)CC(=S)N(CCOC)c1ccccc1. The molecule has 0 heterocycles. The highest BCUT2D eigenvalue weighted by Gasteiger charge is 2.15. The minimum absolute atomic E-state index is 0.113. The number of benzene rings is 1. The first-order valence-corrected chi connectivity index (χ1v) is 6.59. The first-order chi connectivity index (χ1) is 9.19. The lowest BCUT2D eigenvalue weighted by Gasteiger charge is -2.24. The Balaban J connectivity index is 2.73. The summed E-state index contributed by atoms with van der Waals surface area (Å²) in [5, 5.41) is 0. The second-order valence-corrected chi connectivity index (χ2v) is 4.33. The molecule has 104 valence electrons. The van der Waals surface area contributed by atoms with E-state index in [-0.39, 0.29) is 12.4 Å². The van der Waals surface area contributed by atoms with Crippen molar-refractivity contribution in [3.05, 3.63) is 30.3 Å². The van der Waals surface area contributed by atoms with Gasteiger partial charge in [0.25, 0.3) is 0 Å². The van der Waals surface area contributed by atoms with Crippen LogP contribution in [0, 0.1) is 0 Å². The Morgan fingerprint density at radius 1 is 1.32 bits per heavy atom. The van der Waals surface area contributed by atoms with E-state index in [1.807, 2.05) is 35.2 Å². The average Bonchev–Trinajstić information content (AvgIpc) is 2.40. The van der Waals surface area contributed by atoms with E-state index in [0.29, 0.717) is 24.7 Å². The van der Waals surface area contributed by atoms with Crippen molar-refractivity contribution in [3.8, 4) is 0 Å². The first kappa shape index (κ1) is 15.6. The van der Waals surface area contributed by atoms with E-state index >= 15 is 0 Å². The Hall–Kier alpha value is -1.46. The third-order valence-corrected chi connectivity index (χ3v) is 2.85. The summed E-state index contributed by atoms with van der Waals surface area (Å²) >= 11 is 5.33. The van der Waals surface area contributed by atoms with Crippen molar-refractivity contribution in [2.24, 2.45) is 0 Å². The van der Waals surface area contributed by atoms with Crippen molar-refractivity contribution >= 4 is 28.9 Å². The number of hydrogen-bond donors (Lipinski definition) is 0. The van der Waals surface area contributed by atoms with Crippen LogP contribution >= 0.6 is 12.2 Å². The van der Waals surface area contributed by atoms with Gasteiger partial charge in [-0.15, -0.1) is 0 Å². The fraction of sp³-hybridized carbons (Fsp3) is 0.429. The summed E-state index contributed by atoms with van der Waals surface area (Å²) in [6.07, 6.45) is 0.113. The molecule has 19 heavy (non-hydrogen) atoms. The molecule has 0 amide bonds. The molecule has 4 nitrogen and oxygen atoms in total. The van der Waals surface area contributed by atoms with Crippen LogP contribution in [0.5, 0.6) is 0 Å². The van der Waals surface area contributed by atoms with Gasteiger partial charge in [0.05, 0.1) is 24.6 Å². The van der Waals surface area contributed by atoms with Gasteiger partial charge in [-0.1, -0.05) is 30.4 Å². The van der Waals surface area contributed by atoms with E-state index in [0.717, 1.165) is 5.69 Å². The molecule has 0 N–H and O–H groups in total. The number of thiocarbonyl (C=S) groups is 1. The zero-order valence-electron chi connectivity index (χ0n) is 11.3. The van der Waals surface area contributed by atoms with Gasteiger partial charge in [-0.25, -0.2) is 0 Å². The number of carbonyl (C=O) groups is 1. The minimum atomic E-state index is -0.300. The lowest BCUT2D eigenvalue weighted by molar-refractivity contribution is -0.141. The first-order valence-electron chi connectivity index (χ1n) is 6.19. The van der Waals surface area contributed by atoms with Gasteiger partial charge in [0, 0.05) is 19.3 Å². The van der Waals surface area contributed by atoms with Crippen LogP contribution in [0.1, 0.15) is 13.3 Å². The maximum atomic E-state index is 11.5. The molecule has 0 fully saturated rings. The van der Waals surface area contributed by atoms with Crippen molar-refractivity contribution < 1.29 is 14.3 Å². The van der Waals surface area contributed by atoms with Gasteiger partial charge in [0.1, 0.15) is 0 Å². The van der Waals surface area contributed by atoms with Crippen LogP contribution < -0.4 is 4.90 Å². The molecule has 0 saturated carbocycles. The van der Waals surface area contributed by atoms with Gasteiger partial charge >= 0.3 is 5.97 Å². The second kappa shape index (κ2) is 8.61. The fourth-order valence-electron chi connectivity index (χ4n) is 1.62. The molecule has 5 heteroatoms. The van der Waals surface area contributed by atoms with Crippen molar-refractivity contribution in [1.29, 1.82) is 0 Å². The van der Waals surface area contributed by atoms with Gasteiger partial charge in [-0.3, -0.25) is 4.79 Å². The van der Waals surface area contributed by atoms with Crippen LogP contribution in [0.3, 0.4) is 0 Å². The number of methoxy groups -OCH3 is 1. The van der Waals surface area contributed by atoms with Gasteiger partial charge in [0.15, 0.2) is 0 Å². The Labute approximate surface area is 119 Å². The van der Waals surface area contributed by atoms with E-state index in [1.165, 1.54) is 0 Å². The molecule has 0 aliphatic rings. The fourth-order valence-corrected chi connectivity index (χ4v) is 1.93. The summed E-state index contributed by atoms with van der Waals surface area (Å²) in [6.45, 7) is 3.29. The number of carbonyl (C=O) groups excluding carboxylic acids is 1. The third-order valence-electron chi connectivity index (χ3n) is 2.49. The molecule has 1 aromatic rings. The molecule has 0 unspecified atom stereocenters. The highest BCUT2D eigenvalue weighted by Crippen LogP contribution is 2.15. The Morgan fingerprint density at radius 2 is 2.00 bits per heavy atom. The number of nitrogens with zero attached hydrogens (tertiary/aromatic N) is 1. The van der Waals surface area contributed by atoms with Crippen molar-refractivity contribution in [2.45, 2.75) is 13.3 Å². The van der Waals surface area contributed by atoms with Crippen LogP contribution in [-0.2, 0) is 14.3 Å². The molecule has 0 bridgehead atoms. The second-order valence-electron chi connectivity index (χ2n) is 3.86. The third kappa shape index (κ3) is 5.36. The average molecular weight is 281 g/mol. The maximum Gasteiger partial charge on any atom is 0.312 e. The predicted molar refractivity (Wildman–Crippen MR) is 79.5 cm³/mol. The van der Waals surface area contributed by atoms with Gasteiger partial charge in [0.2, 0.25) is 0 Å². The molecular weight excluding hydrogens is 262 g/mol. The normalized spacial score (nSPS) is 10.0. The van der Waals surface area contributed by atoms with E-state index in [1.54, 1.807) is 14.0 Å². The molecule has 1 aromatic carbocycles. The number of hydrogen-bond acceptors (Lipinski definition) is 4. The van der Waals surface area contributed by atoms with Crippen molar-refractivity contribution in [1.82, 2.24) is 0 Å². The van der Waals surface area contributed by atoms with Crippen LogP contribution in [0.25, 0.3) is 0 Å². The largest absolute Gasteiger partial charge is 0.466 e. The topological polar surface area (TPSA) is 38.8 Å². The molecule has 0 radical (unpaired) electrons. The molecule has 0 aromatic heterocycles. The molecule has 0 saturated heterocycles. The smallest absolute Gasteiger partial charge is 0.312 e. The van der Waals surface area contributed by atoms with Gasteiger partial charge in [-0.05, 0) is 19.1 Å². The predicted octanol–water partition coefficient (Wildman–Crippen LogP) is 2.42. The molecule has 1 rings (SSSR count). The zero-order valence-corrected chi connectivity index (χ0v) is 12.1. The summed E-state index contributed by atoms with van der Waals surface area (Å²) in [4.78, 5) is 13.9. The lowest BCUT2D eigenvalue weighted by atomic mass is 10.2. The number of anilines is 1. The monoisotopic (exact) mass is 281 g/mol. The number of esters is 1. The Bertz CT molecular complexity index is 408. The minimum Gasteiger partial charge on any atom is -0.466 e. The van der Waals surface area contributed by atoms with E-state index in [4.69, 9.17) is 21.7 Å². The van der Waals surface area contributed by atoms with Gasteiger partial charge < -0.3 is 14.4 Å². The Morgan fingerprint density at radius 3 is 2.58 bits per heavy atom. The summed E-state index contributed by atoms with van der Waals surface area (Å²) in [5.41, 5.74) is 0.953. The van der Waals surface area contributed by atoms with Gasteiger partial charge in [-0.2, -0.15) is 0 Å². The number of para-hydroxylation sites is 1. The van der Waals surface area contributed by atoms with Crippen LogP contribution in [-0.4, -0.2) is 37.8 Å². The summed E-state index contributed by atoms with van der Waals surface area (Å²) in [6, 6.07) is 9.71. The summed E-state index contributed by atoms with van der Waals surface area (Å²) in [5.74, 6) is -0.300. The molecule has 0 atom stereocenters. The van der Waals surface area contributed by atoms with E-state index in [9.17, 15) is 4.79 Å². The molecular formula is C14H19NO3S. The highest BCUT2D eigenvalue weighted by molar-refractivity contribution is 7.80. The lowest BCUT2D eigenvalue weighted by Crippen LogP contribution is -2.34. The van der Waals surface area contributed by atoms with Crippen LogP contribution in [0.4, 0.5) is 5.69 Å². The molecule has 0 spiro atoms. The molecule has 0 aliphatic carbocycles. The number of ether oxygens (including phenoxy) is 2. The zero-order chi connectivity index (χ0) is 14.1. The molecule has 0 aliphatic heterocycles. The van der Waals surface area contributed by atoms with E-state index < -0.39 is 0 Å². The van der Waals surface area contributed by atoms with Crippen molar-refractivity contribution in [3.63, 3.8) is 0 Å². The van der Waals surface area contributed by atoms with Crippen LogP contribution in [0.2, 0.25) is 0 Å². The Kier molecular flexibility index (Phi) is 7.07. The standard InChI is InChI=1S/C14H19NO3S/c1-3-18-14(16)11-13(19)15(9-10-17-2)12-7-5-4-6-8-12/h4-8H,3,9-11H2,1-2H3. The maximum absolute atomic E-state index is 11.5. The summed E-state index contributed by atoms with van der Waals surface area (Å²) < 4.78 is 10.00. The highest BCUT2D eigenvalue weighted by atomic mass is 32.1. The van der Waals surface area contributed by atoms with E-state index in [2.05, 4.69) is 0 Å². The summed E-state index contributed by atoms with van der Waals surface area (Å²) in [7, 11) is 1.64. The van der Waals surface area contributed by atoms with Crippen molar-refractivity contribution in [2.75, 3.05) is 31.8 Å². The quantitative estimate of drug-likeness (QED) is 0.567.